The van der Waals surface area contributed by atoms with Gasteiger partial charge in [0.25, 0.3) is 0 Å². The van der Waals surface area contributed by atoms with E-state index in [0.29, 0.717) is 0 Å². The van der Waals surface area contributed by atoms with Crippen molar-refractivity contribution in [2.24, 2.45) is 0 Å². The normalized spacial score (nSPS) is 19.8. The van der Waals surface area contributed by atoms with Crippen LogP contribution in [0.1, 0.15) is 64.2 Å². The maximum atomic E-state index is 5.65. The Balaban J connectivity index is 1.99. The van der Waals surface area contributed by atoms with E-state index in [1.165, 1.54) is 69.5 Å². The Morgan fingerprint density at radius 2 is 1.12 bits per heavy atom. The fourth-order valence-electron chi connectivity index (χ4n) is 4.65. The van der Waals surface area contributed by atoms with Gasteiger partial charge in [-0.15, -0.1) is 0 Å². The van der Waals surface area contributed by atoms with Crippen LogP contribution in [0.15, 0.2) is 12.1 Å². The van der Waals surface area contributed by atoms with Crippen LogP contribution < -0.4 is 19.5 Å². The Kier molecular flexibility index (Phi) is 6.87. The zero-order valence-electron chi connectivity index (χ0n) is 16.1. The molecule has 4 heteroatoms. The minimum absolute atomic E-state index is 0.169. The average molecular weight is 364 g/mol. The molecule has 1 aromatic rings. The predicted octanol–water partition coefficient (Wildman–Crippen LogP) is 5.49. The summed E-state index contributed by atoms with van der Waals surface area (Å²) >= 11 is 0. The quantitative estimate of drug-likeness (QED) is 0.625. The van der Waals surface area contributed by atoms with Gasteiger partial charge in [0.1, 0.15) is 0 Å². The third kappa shape index (κ3) is 4.25. The van der Waals surface area contributed by atoms with E-state index in [9.17, 15) is 0 Å². The summed E-state index contributed by atoms with van der Waals surface area (Å²) in [5.41, 5.74) is 1.74. The highest BCUT2D eigenvalue weighted by Gasteiger charge is 2.33. The zero-order chi connectivity index (χ0) is 17.6. The molecule has 1 aromatic carbocycles. The minimum Gasteiger partial charge on any atom is -0.493 e. The Hall–Kier alpha value is -0.950. The van der Waals surface area contributed by atoms with Crippen LogP contribution in [0.3, 0.4) is 0 Å². The molecule has 0 amide bonds. The summed E-state index contributed by atoms with van der Waals surface area (Å²) in [5, 5.41) is 1.46. The average Bonchev–Trinajstić information content (AvgIpc) is 2.69. The molecular weight excluding hydrogens is 331 g/mol. The first-order chi connectivity index (χ1) is 12.3. The molecule has 0 N–H and O–H groups in total. The second-order valence-electron chi connectivity index (χ2n) is 7.37. The van der Waals surface area contributed by atoms with Crippen LogP contribution in [-0.4, -0.2) is 32.6 Å². The number of hydrogen-bond donors (Lipinski definition) is 0. The largest absolute Gasteiger partial charge is 0.493 e. The van der Waals surface area contributed by atoms with E-state index in [1.54, 1.807) is 21.3 Å². The molecule has 2 fully saturated rings. The summed E-state index contributed by atoms with van der Waals surface area (Å²) in [4.78, 5) is 0. The summed E-state index contributed by atoms with van der Waals surface area (Å²) in [5.74, 6) is 2.35. The van der Waals surface area contributed by atoms with Crippen molar-refractivity contribution in [1.29, 1.82) is 0 Å². The molecule has 3 rings (SSSR count). The SMILES string of the molecule is COc1cc(P(C2CCCCC2)C2CCCCC2)cc(OC)c1OC. The van der Waals surface area contributed by atoms with Crippen molar-refractivity contribution < 1.29 is 14.2 Å². The molecule has 0 aliphatic heterocycles. The number of ether oxygens (including phenoxy) is 3. The van der Waals surface area contributed by atoms with E-state index in [-0.39, 0.29) is 7.92 Å². The topological polar surface area (TPSA) is 27.7 Å². The highest BCUT2D eigenvalue weighted by atomic mass is 31.1. The van der Waals surface area contributed by atoms with E-state index in [2.05, 4.69) is 12.1 Å². The van der Waals surface area contributed by atoms with Crippen molar-refractivity contribution in [2.45, 2.75) is 75.5 Å². The molecule has 2 saturated carbocycles. The fraction of sp³-hybridized carbons (Fsp3) is 0.714. The van der Waals surface area contributed by atoms with Gasteiger partial charge in [0, 0.05) is 0 Å². The van der Waals surface area contributed by atoms with E-state index in [4.69, 9.17) is 14.2 Å². The van der Waals surface area contributed by atoms with Crippen molar-refractivity contribution in [3.8, 4) is 17.2 Å². The molecule has 3 nitrogen and oxygen atoms in total. The van der Waals surface area contributed by atoms with Crippen molar-refractivity contribution in [2.75, 3.05) is 21.3 Å². The van der Waals surface area contributed by atoms with Crippen LogP contribution in [0, 0.1) is 0 Å². The lowest BCUT2D eigenvalue weighted by Crippen LogP contribution is -2.26. The lowest BCUT2D eigenvalue weighted by molar-refractivity contribution is 0.325. The van der Waals surface area contributed by atoms with Crippen molar-refractivity contribution in [3.63, 3.8) is 0 Å². The van der Waals surface area contributed by atoms with E-state index in [1.807, 2.05) is 0 Å². The molecule has 0 unspecified atom stereocenters. The molecule has 2 aliphatic rings. The molecule has 0 spiro atoms. The van der Waals surface area contributed by atoms with Crippen LogP contribution in [0.5, 0.6) is 17.2 Å². The van der Waals surface area contributed by atoms with Crippen molar-refractivity contribution in [1.82, 2.24) is 0 Å². The standard InChI is InChI=1S/C21H33O3P/c1-22-19-14-18(15-20(23-2)21(19)24-3)25(16-10-6-4-7-11-16)17-12-8-5-9-13-17/h14-17H,4-13H2,1-3H3. The number of hydrogen-bond acceptors (Lipinski definition) is 3. The number of rotatable bonds is 6. The van der Waals surface area contributed by atoms with Crippen LogP contribution in [-0.2, 0) is 0 Å². The summed E-state index contributed by atoms with van der Waals surface area (Å²) in [6.45, 7) is 0. The van der Waals surface area contributed by atoms with Crippen LogP contribution in [0.2, 0.25) is 0 Å². The monoisotopic (exact) mass is 364 g/mol. The molecule has 0 saturated heterocycles. The molecule has 2 aliphatic carbocycles. The molecule has 140 valence electrons. The molecule has 25 heavy (non-hydrogen) atoms. The summed E-state index contributed by atoms with van der Waals surface area (Å²) in [7, 11) is 4.97. The zero-order valence-corrected chi connectivity index (χ0v) is 16.9. The Labute approximate surface area is 154 Å². The Bertz CT molecular complexity index is 505. The van der Waals surface area contributed by atoms with Gasteiger partial charge in [-0.1, -0.05) is 46.4 Å². The lowest BCUT2D eigenvalue weighted by atomic mass is 9.99. The van der Waals surface area contributed by atoms with Gasteiger partial charge >= 0.3 is 0 Å². The van der Waals surface area contributed by atoms with Gasteiger partial charge < -0.3 is 14.2 Å². The third-order valence-electron chi connectivity index (χ3n) is 5.88. The van der Waals surface area contributed by atoms with Gasteiger partial charge in [-0.05, 0) is 54.4 Å². The highest BCUT2D eigenvalue weighted by Crippen LogP contribution is 2.56. The van der Waals surface area contributed by atoms with Gasteiger partial charge in [0.15, 0.2) is 11.5 Å². The Morgan fingerprint density at radius 1 is 0.680 bits per heavy atom. The maximum Gasteiger partial charge on any atom is 0.203 e. The van der Waals surface area contributed by atoms with Crippen LogP contribution in [0.4, 0.5) is 0 Å². The van der Waals surface area contributed by atoms with Gasteiger partial charge in [-0.2, -0.15) is 0 Å². The molecule has 0 heterocycles. The highest BCUT2D eigenvalue weighted by molar-refractivity contribution is 7.67. The van der Waals surface area contributed by atoms with E-state index < -0.39 is 0 Å². The predicted molar refractivity (Wildman–Crippen MR) is 106 cm³/mol. The van der Waals surface area contributed by atoms with Gasteiger partial charge in [-0.3, -0.25) is 0 Å². The lowest BCUT2D eigenvalue weighted by Gasteiger charge is -2.39. The molecule has 0 radical (unpaired) electrons. The first kappa shape index (κ1) is 18.8. The van der Waals surface area contributed by atoms with Crippen LogP contribution in [0.25, 0.3) is 0 Å². The van der Waals surface area contributed by atoms with Gasteiger partial charge in [0.2, 0.25) is 5.75 Å². The minimum atomic E-state index is -0.169. The Morgan fingerprint density at radius 3 is 1.48 bits per heavy atom. The maximum absolute atomic E-state index is 5.65. The van der Waals surface area contributed by atoms with Crippen molar-refractivity contribution in [3.05, 3.63) is 12.1 Å². The second-order valence-corrected chi connectivity index (χ2v) is 10.2. The van der Waals surface area contributed by atoms with E-state index in [0.717, 1.165) is 28.6 Å². The number of methoxy groups -OCH3 is 3. The summed E-state index contributed by atoms with van der Waals surface area (Å²) < 4.78 is 16.8. The molecule has 0 atom stereocenters. The summed E-state index contributed by atoms with van der Waals surface area (Å²) in [6.07, 6.45) is 14.1. The molecular formula is C21H33O3P. The number of benzene rings is 1. The molecule has 0 aromatic heterocycles. The van der Waals surface area contributed by atoms with Gasteiger partial charge in [0.05, 0.1) is 21.3 Å². The first-order valence-electron chi connectivity index (χ1n) is 9.86. The van der Waals surface area contributed by atoms with Crippen molar-refractivity contribution >= 4 is 13.2 Å². The summed E-state index contributed by atoms with van der Waals surface area (Å²) in [6, 6.07) is 4.49. The third-order valence-corrected chi connectivity index (χ3v) is 9.34. The van der Waals surface area contributed by atoms with Crippen LogP contribution >= 0.6 is 7.92 Å². The second kappa shape index (κ2) is 9.12. The fourth-order valence-corrected chi connectivity index (χ4v) is 8.47. The smallest absolute Gasteiger partial charge is 0.203 e. The van der Waals surface area contributed by atoms with E-state index >= 15 is 0 Å². The first-order valence-corrected chi connectivity index (χ1v) is 11.3. The molecule has 0 bridgehead atoms. The van der Waals surface area contributed by atoms with Gasteiger partial charge in [-0.25, -0.2) is 0 Å².